The van der Waals surface area contributed by atoms with Crippen LogP contribution in [0.1, 0.15) is 16.5 Å². The van der Waals surface area contributed by atoms with Gasteiger partial charge in [0, 0.05) is 11.4 Å². The van der Waals surface area contributed by atoms with Gasteiger partial charge in [0.25, 0.3) is 0 Å². The number of ether oxygens (including phenoxy) is 2. The van der Waals surface area contributed by atoms with Crippen LogP contribution in [-0.4, -0.2) is 33.1 Å². The normalized spacial score (nSPS) is 11.4. The van der Waals surface area contributed by atoms with E-state index < -0.39 is 6.04 Å². The summed E-state index contributed by atoms with van der Waals surface area (Å²) in [6.45, 7) is 0.455. The van der Waals surface area contributed by atoms with Gasteiger partial charge in [0.1, 0.15) is 6.04 Å². The van der Waals surface area contributed by atoms with Gasteiger partial charge < -0.3 is 20.1 Å². The number of rotatable bonds is 9. The second-order valence-corrected chi connectivity index (χ2v) is 5.94. The monoisotopic (exact) mass is 348 g/mol. The Morgan fingerprint density at radius 1 is 1.25 bits per heavy atom. The van der Waals surface area contributed by atoms with Crippen LogP contribution in [0.5, 0.6) is 11.5 Å². The van der Waals surface area contributed by atoms with Crippen LogP contribution in [0.4, 0.5) is 0 Å². The molecule has 1 unspecified atom stereocenters. The highest BCUT2D eigenvalue weighted by molar-refractivity contribution is 7.10. The molecule has 2 N–H and O–H groups in total. The average molecular weight is 348 g/mol. The van der Waals surface area contributed by atoms with E-state index in [9.17, 15) is 9.59 Å². The van der Waals surface area contributed by atoms with Crippen LogP contribution in [0.15, 0.2) is 35.7 Å². The third-order valence-corrected chi connectivity index (χ3v) is 4.42. The van der Waals surface area contributed by atoms with Crippen LogP contribution < -0.4 is 20.1 Å². The maximum absolute atomic E-state index is 12.3. The lowest BCUT2D eigenvalue weighted by molar-refractivity contribution is -0.125. The van der Waals surface area contributed by atoms with Crippen molar-refractivity contribution in [3.8, 4) is 11.5 Å². The van der Waals surface area contributed by atoms with Gasteiger partial charge in [0.2, 0.25) is 12.3 Å². The molecule has 2 rings (SSSR count). The third kappa shape index (κ3) is 4.48. The van der Waals surface area contributed by atoms with E-state index in [0.29, 0.717) is 30.9 Å². The van der Waals surface area contributed by atoms with Crippen molar-refractivity contribution in [2.45, 2.75) is 12.5 Å². The quantitative estimate of drug-likeness (QED) is 0.679. The number of carbonyl (C=O) groups is 2. The zero-order chi connectivity index (χ0) is 17.4. The summed E-state index contributed by atoms with van der Waals surface area (Å²) >= 11 is 1.43. The van der Waals surface area contributed by atoms with Gasteiger partial charge in [-0.15, -0.1) is 11.3 Å². The molecule has 24 heavy (non-hydrogen) atoms. The number of methoxy groups -OCH3 is 2. The van der Waals surface area contributed by atoms with E-state index >= 15 is 0 Å². The molecular formula is C17H20N2O4S. The smallest absolute Gasteiger partial charge is 0.248 e. The molecule has 6 nitrogen and oxygen atoms in total. The Balaban J connectivity index is 1.93. The Hall–Kier alpha value is -2.54. The Bertz CT molecular complexity index is 673. The van der Waals surface area contributed by atoms with Crippen molar-refractivity contribution >= 4 is 23.7 Å². The van der Waals surface area contributed by atoms with Gasteiger partial charge in [-0.3, -0.25) is 9.59 Å². The lowest BCUT2D eigenvalue weighted by Gasteiger charge is -2.15. The number of thiophene rings is 1. The topological polar surface area (TPSA) is 76.7 Å². The predicted molar refractivity (Wildman–Crippen MR) is 92.5 cm³/mol. The van der Waals surface area contributed by atoms with Crippen molar-refractivity contribution in [1.29, 1.82) is 0 Å². The molecule has 7 heteroatoms. The van der Waals surface area contributed by atoms with Crippen molar-refractivity contribution < 1.29 is 19.1 Å². The maximum atomic E-state index is 12.3. The number of benzene rings is 1. The molecule has 0 radical (unpaired) electrons. The second kappa shape index (κ2) is 8.93. The molecule has 1 aromatic heterocycles. The van der Waals surface area contributed by atoms with Gasteiger partial charge in [-0.05, 0) is 35.6 Å². The van der Waals surface area contributed by atoms with Gasteiger partial charge in [-0.1, -0.05) is 12.1 Å². The molecule has 1 atom stereocenters. The van der Waals surface area contributed by atoms with Crippen molar-refractivity contribution in [1.82, 2.24) is 10.6 Å². The molecule has 2 aromatic rings. The van der Waals surface area contributed by atoms with E-state index in [2.05, 4.69) is 10.6 Å². The molecular weight excluding hydrogens is 328 g/mol. The van der Waals surface area contributed by atoms with Crippen molar-refractivity contribution in [2.24, 2.45) is 0 Å². The highest BCUT2D eigenvalue weighted by atomic mass is 32.1. The number of hydrogen-bond donors (Lipinski definition) is 2. The van der Waals surface area contributed by atoms with E-state index in [-0.39, 0.29) is 5.91 Å². The van der Waals surface area contributed by atoms with Gasteiger partial charge in [-0.25, -0.2) is 0 Å². The molecule has 0 aliphatic carbocycles. The van der Waals surface area contributed by atoms with Gasteiger partial charge >= 0.3 is 0 Å². The fourth-order valence-electron chi connectivity index (χ4n) is 2.28. The SMILES string of the molecule is COc1ccc(CCNC(=O)C(NC=O)c2cccs2)cc1OC. The van der Waals surface area contributed by atoms with Gasteiger partial charge in [0.15, 0.2) is 11.5 Å². The first-order valence-corrected chi connectivity index (χ1v) is 8.29. The molecule has 0 saturated heterocycles. The summed E-state index contributed by atoms with van der Waals surface area (Å²) in [6.07, 6.45) is 1.18. The molecule has 0 saturated carbocycles. The molecule has 0 spiro atoms. The summed E-state index contributed by atoms with van der Waals surface area (Å²) in [5.41, 5.74) is 1.02. The van der Waals surface area contributed by atoms with E-state index in [1.54, 1.807) is 14.2 Å². The van der Waals surface area contributed by atoms with E-state index in [1.165, 1.54) is 11.3 Å². The van der Waals surface area contributed by atoms with Crippen molar-refractivity contribution in [3.63, 3.8) is 0 Å². The minimum atomic E-state index is -0.659. The summed E-state index contributed by atoms with van der Waals surface area (Å²) in [5.74, 6) is 1.09. The Morgan fingerprint density at radius 3 is 2.67 bits per heavy atom. The van der Waals surface area contributed by atoms with Crippen LogP contribution >= 0.6 is 11.3 Å². The Morgan fingerprint density at radius 2 is 2.04 bits per heavy atom. The lowest BCUT2D eigenvalue weighted by Crippen LogP contribution is -2.37. The minimum absolute atomic E-state index is 0.231. The number of nitrogens with one attached hydrogen (secondary N) is 2. The van der Waals surface area contributed by atoms with Gasteiger partial charge in [-0.2, -0.15) is 0 Å². The summed E-state index contributed by atoms with van der Waals surface area (Å²) in [6, 6.07) is 8.64. The van der Waals surface area contributed by atoms with Crippen LogP contribution in [0.2, 0.25) is 0 Å². The number of carbonyl (C=O) groups excluding carboxylic acids is 2. The van der Waals surface area contributed by atoms with E-state index in [4.69, 9.17) is 9.47 Å². The van der Waals surface area contributed by atoms with Crippen LogP contribution in [0.3, 0.4) is 0 Å². The predicted octanol–water partition coefficient (Wildman–Crippen LogP) is 1.91. The molecule has 0 aliphatic rings. The third-order valence-electron chi connectivity index (χ3n) is 3.49. The molecule has 0 aliphatic heterocycles. The minimum Gasteiger partial charge on any atom is -0.493 e. The standard InChI is InChI=1S/C17H20N2O4S/c1-22-13-6-5-12(10-14(13)23-2)7-8-18-17(21)16(19-11-20)15-4-3-9-24-15/h3-6,9-11,16H,7-8H2,1-2H3,(H,18,21)(H,19,20). The molecule has 1 heterocycles. The van der Waals surface area contributed by atoms with E-state index in [0.717, 1.165) is 10.4 Å². The molecule has 0 bridgehead atoms. The molecule has 128 valence electrons. The van der Waals surface area contributed by atoms with E-state index in [1.807, 2.05) is 35.7 Å². The number of amides is 2. The largest absolute Gasteiger partial charge is 0.493 e. The first kappa shape index (κ1) is 17.8. The van der Waals surface area contributed by atoms with Crippen LogP contribution in [-0.2, 0) is 16.0 Å². The summed E-state index contributed by atoms with van der Waals surface area (Å²) in [4.78, 5) is 23.8. The highest BCUT2D eigenvalue weighted by Crippen LogP contribution is 2.27. The van der Waals surface area contributed by atoms with Crippen LogP contribution in [0.25, 0.3) is 0 Å². The van der Waals surface area contributed by atoms with Crippen LogP contribution in [0, 0.1) is 0 Å². The first-order chi connectivity index (χ1) is 11.7. The fourth-order valence-corrected chi connectivity index (χ4v) is 3.06. The summed E-state index contributed by atoms with van der Waals surface area (Å²) in [7, 11) is 3.17. The average Bonchev–Trinajstić information content (AvgIpc) is 3.13. The second-order valence-electron chi connectivity index (χ2n) is 4.96. The molecule has 1 aromatic carbocycles. The molecule has 2 amide bonds. The first-order valence-electron chi connectivity index (χ1n) is 7.41. The highest BCUT2D eigenvalue weighted by Gasteiger charge is 2.20. The zero-order valence-electron chi connectivity index (χ0n) is 13.6. The molecule has 0 fully saturated rings. The summed E-state index contributed by atoms with van der Waals surface area (Å²) < 4.78 is 10.5. The number of hydrogen-bond acceptors (Lipinski definition) is 5. The Labute approximate surface area is 144 Å². The zero-order valence-corrected chi connectivity index (χ0v) is 14.4. The Kier molecular flexibility index (Phi) is 6.62. The lowest BCUT2D eigenvalue weighted by atomic mass is 10.1. The summed E-state index contributed by atoms with van der Waals surface area (Å²) in [5, 5.41) is 7.26. The maximum Gasteiger partial charge on any atom is 0.248 e. The van der Waals surface area contributed by atoms with Gasteiger partial charge in [0.05, 0.1) is 14.2 Å². The van der Waals surface area contributed by atoms with Crippen molar-refractivity contribution in [2.75, 3.05) is 20.8 Å². The van der Waals surface area contributed by atoms with Crippen molar-refractivity contribution in [3.05, 3.63) is 46.2 Å². The fraction of sp³-hybridized carbons (Fsp3) is 0.294.